The first kappa shape index (κ1) is 5.58. The molecule has 0 aromatic rings. The van der Waals surface area contributed by atoms with Crippen LogP contribution < -0.4 is 0 Å². The summed E-state index contributed by atoms with van der Waals surface area (Å²) in [6.45, 7) is 2.09. The van der Waals surface area contributed by atoms with Gasteiger partial charge in [0, 0.05) is 0 Å². The number of nitriles is 1. The summed E-state index contributed by atoms with van der Waals surface area (Å²) >= 11 is 0. The summed E-state index contributed by atoms with van der Waals surface area (Å²) in [6, 6.07) is 2.05. The lowest BCUT2D eigenvalue weighted by atomic mass is 10.2. The van der Waals surface area contributed by atoms with E-state index in [1.807, 2.05) is 0 Å². The Kier molecular flexibility index (Phi) is 1.50. The van der Waals surface area contributed by atoms with Crippen LogP contribution in [0.4, 0.5) is 0 Å². The van der Waals surface area contributed by atoms with Gasteiger partial charge in [-0.2, -0.15) is 5.26 Å². The van der Waals surface area contributed by atoms with Crippen LogP contribution in [0.1, 0.15) is 19.8 Å². The molecule has 1 saturated heterocycles. The molecule has 0 amide bonds. The van der Waals surface area contributed by atoms with Gasteiger partial charge in [0.1, 0.15) is 0 Å². The second-order valence-corrected chi connectivity index (χ2v) is 2.01. The highest BCUT2D eigenvalue weighted by Crippen LogP contribution is 2.24. The predicted molar refractivity (Wildman–Crippen MR) is 29.2 cm³/mol. The van der Waals surface area contributed by atoms with Crippen molar-refractivity contribution >= 4 is 0 Å². The zero-order chi connectivity index (χ0) is 5.98. The van der Waals surface area contributed by atoms with E-state index in [4.69, 9.17) is 10.00 Å². The molecule has 0 bridgehead atoms. The van der Waals surface area contributed by atoms with Gasteiger partial charge in [0.2, 0.25) is 0 Å². The molecule has 0 aromatic heterocycles. The van der Waals surface area contributed by atoms with Gasteiger partial charge in [0.15, 0.2) is 6.10 Å². The maximum Gasteiger partial charge on any atom is 0.170 e. The Labute approximate surface area is 49.1 Å². The van der Waals surface area contributed by atoms with E-state index in [1.165, 1.54) is 0 Å². The Morgan fingerprint density at radius 2 is 2.50 bits per heavy atom. The van der Waals surface area contributed by atoms with Gasteiger partial charge < -0.3 is 4.74 Å². The second-order valence-electron chi connectivity index (χ2n) is 2.01. The molecule has 2 atom stereocenters. The number of hydrogen-bond acceptors (Lipinski definition) is 2. The van der Waals surface area contributed by atoms with E-state index in [2.05, 4.69) is 13.0 Å². The van der Waals surface area contributed by atoms with E-state index in [0.717, 1.165) is 12.8 Å². The van der Waals surface area contributed by atoms with Crippen LogP contribution in [0.2, 0.25) is 0 Å². The second kappa shape index (κ2) is 2.15. The third-order valence-electron chi connectivity index (χ3n) is 1.28. The smallest absolute Gasteiger partial charge is 0.170 e. The molecular weight excluding hydrogens is 102 g/mol. The van der Waals surface area contributed by atoms with E-state index in [1.54, 1.807) is 0 Å². The fourth-order valence-electron chi connectivity index (χ4n) is 0.760. The van der Waals surface area contributed by atoms with Crippen molar-refractivity contribution in [1.82, 2.24) is 0 Å². The molecule has 0 spiro atoms. The first-order valence-electron chi connectivity index (χ1n) is 2.93. The van der Waals surface area contributed by atoms with Gasteiger partial charge in [-0.3, -0.25) is 0 Å². The topological polar surface area (TPSA) is 36.3 Å². The molecule has 0 N–H and O–H groups in total. The van der Waals surface area contributed by atoms with Crippen molar-refractivity contribution < 1.29 is 4.74 Å². The minimum atomic E-state index is -0.0741. The molecule has 1 fully saturated rings. The molecule has 2 heteroatoms. The molecule has 0 aromatic carbocycles. The lowest BCUT2D eigenvalue weighted by Gasteiger charge is -1.80. The third-order valence-corrected chi connectivity index (χ3v) is 1.28. The van der Waals surface area contributed by atoms with Gasteiger partial charge in [0.05, 0.1) is 12.2 Å². The summed E-state index contributed by atoms with van der Waals surface area (Å²) in [5.41, 5.74) is 0. The number of rotatable bonds is 2. The number of ether oxygens (including phenoxy) is 1. The van der Waals surface area contributed by atoms with Crippen molar-refractivity contribution in [3.8, 4) is 6.07 Å². The largest absolute Gasteiger partial charge is 0.353 e. The summed E-state index contributed by atoms with van der Waals surface area (Å²) in [5, 5.41) is 8.23. The first-order valence-corrected chi connectivity index (χ1v) is 2.93. The maximum absolute atomic E-state index is 8.23. The van der Waals surface area contributed by atoms with Gasteiger partial charge >= 0.3 is 0 Å². The maximum atomic E-state index is 8.23. The van der Waals surface area contributed by atoms with Crippen LogP contribution in [0.5, 0.6) is 0 Å². The van der Waals surface area contributed by atoms with E-state index in [-0.39, 0.29) is 12.2 Å². The van der Waals surface area contributed by atoms with E-state index < -0.39 is 0 Å². The Bertz CT molecular complexity index is 116. The molecule has 44 valence electrons. The number of nitrogens with zero attached hydrogens (tertiary/aromatic N) is 1. The van der Waals surface area contributed by atoms with E-state index in [9.17, 15) is 0 Å². The van der Waals surface area contributed by atoms with Crippen LogP contribution in [0, 0.1) is 11.3 Å². The molecule has 2 nitrogen and oxygen atoms in total. The normalized spacial score (nSPS) is 34.0. The molecule has 1 aliphatic heterocycles. The molecular formula is C6H9NO. The summed E-state index contributed by atoms with van der Waals surface area (Å²) < 4.78 is 4.95. The number of hydrogen-bond donors (Lipinski definition) is 0. The van der Waals surface area contributed by atoms with Gasteiger partial charge in [-0.15, -0.1) is 0 Å². The molecule has 8 heavy (non-hydrogen) atoms. The van der Waals surface area contributed by atoms with Crippen LogP contribution in [0.25, 0.3) is 0 Å². The molecule has 0 aliphatic carbocycles. The highest BCUT2D eigenvalue weighted by Gasteiger charge is 2.37. The Hall–Kier alpha value is -0.550. The van der Waals surface area contributed by atoms with Gasteiger partial charge in [0.25, 0.3) is 0 Å². The standard InChI is InChI=1S/C6H9NO/c1-2-3-5-6(4-7)8-5/h5-6H,2-3H2,1H3/t5-,6-/m1/s1. The van der Waals surface area contributed by atoms with Crippen molar-refractivity contribution in [3.63, 3.8) is 0 Å². The van der Waals surface area contributed by atoms with Crippen LogP contribution in [-0.4, -0.2) is 12.2 Å². The van der Waals surface area contributed by atoms with Crippen molar-refractivity contribution in [1.29, 1.82) is 5.26 Å². The van der Waals surface area contributed by atoms with Gasteiger partial charge in [-0.05, 0) is 6.42 Å². The van der Waals surface area contributed by atoms with Crippen LogP contribution >= 0.6 is 0 Å². The van der Waals surface area contributed by atoms with E-state index >= 15 is 0 Å². The van der Waals surface area contributed by atoms with Crippen LogP contribution in [0.15, 0.2) is 0 Å². The van der Waals surface area contributed by atoms with Crippen molar-refractivity contribution in [3.05, 3.63) is 0 Å². The Morgan fingerprint density at radius 1 is 1.75 bits per heavy atom. The van der Waals surface area contributed by atoms with Crippen LogP contribution in [0.3, 0.4) is 0 Å². The van der Waals surface area contributed by atoms with Gasteiger partial charge in [-0.1, -0.05) is 13.3 Å². The van der Waals surface area contributed by atoms with Crippen LogP contribution in [-0.2, 0) is 4.74 Å². The Balaban J connectivity index is 2.10. The van der Waals surface area contributed by atoms with Crippen molar-refractivity contribution in [2.75, 3.05) is 0 Å². The molecule has 1 aliphatic rings. The average Bonchev–Trinajstić information content (AvgIpc) is 2.48. The number of epoxide rings is 1. The zero-order valence-corrected chi connectivity index (χ0v) is 4.92. The fraction of sp³-hybridized carbons (Fsp3) is 0.833. The molecule has 1 heterocycles. The molecule has 0 saturated carbocycles. The molecule has 0 radical (unpaired) electrons. The third kappa shape index (κ3) is 0.988. The first-order chi connectivity index (χ1) is 3.88. The fourth-order valence-corrected chi connectivity index (χ4v) is 0.760. The quantitative estimate of drug-likeness (QED) is 0.500. The van der Waals surface area contributed by atoms with Crippen molar-refractivity contribution in [2.24, 2.45) is 0 Å². The minimum absolute atomic E-state index is 0.0741. The van der Waals surface area contributed by atoms with Crippen molar-refractivity contribution in [2.45, 2.75) is 32.0 Å². The summed E-state index contributed by atoms with van der Waals surface area (Å²) in [7, 11) is 0. The average molecular weight is 111 g/mol. The summed E-state index contributed by atoms with van der Waals surface area (Å²) in [5.74, 6) is 0. The molecule has 0 unspecified atom stereocenters. The highest BCUT2D eigenvalue weighted by molar-refractivity contribution is 5.01. The highest BCUT2D eigenvalue weighted by atomic mass is 16.6. The SMILES string of the molecule is CCC[C@H]1O[C@@H]1C#N. The Morgan fingerprint density at radius 3 is 2.88 bits per heavy atom. The minimum Gasteiger partial charge on any atom is -0.353 e. The summed E-state index contributed by atoms with van der Waals surface area (Å²) in [4.78, 5) is 0. The van der Waals surface area contributed by atoms with Gasteiger partial charge in [-0.25, -0.2) is 0 Å². The summed E-state index contributed by atoms with van der Waals surface area (Å²) in [6.07, 6.45) is 2.35. The predicted octanol–water partition coefficient (Wildman–Crippen LogP) is 1.08. The van der Waals surface area contributed by atoms with E-state index in [0.29, 0.717) is 0 Å². The monoisotopic (exact) mass is 111 g/mol. The lowest BCUT2D eigenvalue weighted by molar-refractivity contribution is 0.380. The zero-order valence-electron chi connectivity index (χ0n) is 4.92. The lowest BCUT2D eigenvalue weighted by Crippen LogP contribution is -1.87. The molecule has 1 rings (SSSR count).